The van der Waals surface area contributed by atoms with Crippen molar-refractivity contribution in [1.29, 1.82) is 0 Å². The standard InChI is InChI=1S/C20H32O/c1-17(2)8-4-9-18(3)15(17)7-10-19-11-14(5-6-16(18)19)20(12-19)13-21-20/h14-16H,4-13H2,1-3H3/t14-,15+,16-,18+,19-,20-/m0/s1. The second-order valence-corrected chi connectivity index (χ2v) is 10.4. The zero-order valence-electron chi connectivity index (χ0n) is 14.2. The highest BCUT2D eigenvalue weighted by atomic mass is 16.6. The predicted octanol–water partition coefficient (Wildman–Crippen LogP) is 5.19. The Labute approximate surface area is 130 Å². The molecule has 1 aliphatic heterocycles. The number of fused-ring (bicyclic) bond motifs is 4. The van der Waals surface area contributed by atoms with Crippen LogP contribution in [0, 0.1) is 34.0 Å². The normalized spacial score (nSPS) is 60.4. The fourth-order valence-corrected chi connectivity index (χ4v) is 8.35. The molecule has 1 nitrogen and oxygen atoms in total. The lowest BCUT2D eigenvalue weighted by Gasteiger charge is -2.64. The molecule has 118 valence electrons. The van der Waals surface area contributed by atoms with Crippen LogP contribution in [0.1, 0.15) is 78.6 Å². The second kappa shape index (κ2) is 3.71. The Bertz CT molecular complexity index is 476. The number of hydrogen-bond donors (Lipinski definition) is 0. The van der Waals surface area contributed by atoms with E-state index in [1.165, 1.54) is 57.8 Å². The maximum atomic E-state index is 6.02. The van der Waals surface area contributed by atoms with E-state index in [1.807, 2.05) is 0 Å². The quantitative estimate of drug-likeness (QED) is 0.559. The Morgan fingerprint density at radius 3 is 2.48 bits per heavy atom. The molecule has 0 N–H and O–H groups in total. The summed E-state index contributed by atoms with van der Waals surface area (Å²) in [5.74, 6) is 2.90. The number of ether oxygens (including phenoxy) is 1. The summed E-state index contributed by atoms with van der Waals surface area (Å²) in [4.78, 5) is 0. The summed E-state index contributed by atoms with van der Waals surface area (Å²) in [5, 5.41) is 0. The smallest absolute Gasteiger partial charge is 0.0950 e. The monoisotopic (exact) mass is 288 g/mol. The van der Waals surface area contributed by atoms with Crippen molar-refractivity contribution in [3.8, 4) is 0 Å². The van der Waals surface area contributed by atoms with E-state index in [9.17, 15) is 0 Å². The lowest BCUT2D eigenvalue weighted by Crippen LogP contribution is -2.55. The molecule has 1 heteroatoms. The van der Waals surface area contributed by atoms with E-state index >= 15 is 0 Å². The van der Waals surface area contributed by atoms with Crippen molar-refractivity contribution in [3.63, 3.8) is 0 Å². The molecular weight excluding hydrogens is 256 g/mol. The molecule has 0 aromatic heterocycles. The SMILES string of the molecule is CC1(C)CCC[C@]2(C)[C@@H]1CC[C@@]13C[C@H](CC[C@H]12)[C@@]1(CO1)C3. The Morgan fingerprint density at radius 2 is 1.71 bits per heavy atom. The van der Waals surface area contributed by atoms with Gasteiger partial charge in [-0.1, -0.05) is 27.2 Å². The maximum absolute atomic E-state index is 6.02. The van der Waals surface area contributed by atoms with Crippen molar-refractivity contribution in [3.05, 3.63) is 0 Å². The van der Waals surface area contributed by atoms with Gasteiger partial charge in [-0.05, 0) is 85.4 Å². The van der Waals surface area contributed by atoms with Crippen molar-refractivity contribution in [1.82, 2.24) is 0 Å². The fourth-order valence-electron chi connectivity index (χ4n) is 8.35. The first-order valence-electron chi connectivity index (χ1n) is 9.54. The molecule has 5 rings (SSSR count). The minimum Gasteiger partial charge on any atom is -0.369 e. The summed E-state index contributed by atoms with van der Waals surface area (Å²) in [7, 11) is 0. The third-order valence-corrected chi connectivity index (χ3v) is 9.11. The molecule has 2 spiro atoms. The van der Waals surface area contributed by atoms with E-state index in [2.05, 4.69) is 20.8 Å². The number of rotatable bonds is 0. The predicted molar refractivity (Wildman–Crippen MR) is 85.0 cm³/mol. The van der Waals surface area contributed by atoms with E-state index in [1.54, 1.807) is 0 Å². The Kier molecular flexibility index (Phi) is 2.37. The van der Waals surface area contributed by atoms with Gasteiger partial charge in [0.1, 0.15) is 0 Å². The van der Waals surface area contributed by atoms with Crippen LogP contribution in [0.15, 0.2) is 0 Å². The fraction of sp³-hybridized carbons (Fsp3) is 1.00. The van der Waals surface area contributed by atoms with Crippen LogP contribution in [0.2, 0.25) is 0 Å². The third-order valence-electron chi connectivity index (χ3n) is 9.11. The molecule has 21 heavy (non-hydrogen) atoms. The van der Waals surface area contributed by atoms with Gasteiger partial charge in [-0.15, -0.1) is 0 Å². The van der Waals surface area contributed by atoms with Crippen LogP contribution >= 0.6 is 0 Å². The molecule has 0 aromatic carbocycles. The second-order valence-electron chi connectivity index (χ2n) is 10.4. The van der Waals surface area contributed by atoms with Gasteiger partial charge in [0.05, 0.1) is 12.2 Å². The maximum Gasteiger partial charge on any atom is 0.0950 e. The molecular formula is C20H32O. The molecule has 4 aliphatic carbocycles. The summed E-state index contributed by atoms with van der Waals surface area (Å²) in [6.07, 6.45) is 13.4. The van der Waals surface area contributed by atoms with Crippen molar-refractivity contribution in [2.24, 2.45) is 34.0 Å². The first-order valence-corrected chi connectivity index (χ1v) is 9.54. The van der Waals surface area contributed by atoms with Gasteiger partial charge in [0, 0.05) is 0 Å². The number of epoxide rings is 1. The molecule has 0 amide bonds. The molecule has 0 aromatic rings. The summed E-state index contributed by atoms with van der Waals surface area (Å²) < 4.78 is 6.02. The van der Waals surface area contributed by atoms with Gasteiger partial charge < -0.3 is 4.74 Å². The molecule has 2 bridgehead atoms. The molecule has 5 aliphatic rings. The summed E-state index contributed by atoms with van der Waals surface area (Å²) in [6.45, 7) is 8.93. The molecule has 5 fully saturated rings. The van der Waals surface area contributed by atoms with E-state index in [4.69, 9.17) is 4.74 Å². The largest absolute Gasteiger partial charge is 0.369 e. The van der Waals surface area contributed by atoms with Gasteiger partial charge in [-0.25, -0.2) is 0 Å². The van der Waals surface area contributed by atoms with Crippen molar-refractivity contribution in [2.75, 3.05) is 6.61 Å². The Hall–Kier alpha value is -0.0400. The van der Waals surface area contributed by atoms with E-state index in [-0.39, 0.29) is 0 Å². The zero-order chi connectivity index (χ0) is 14.5. The van der Waals surface area contributed by atoms with Crippen LogP contribution in [0.4, 0.5) is 0 Å². The van der Waals surface area contributed by atoms with E-state index in [0.717, 1.165) is 24.4 Å². The van der Waals surface area contributed by atoms with Gasteiger partial charge >= 0.3 is 0 Å². The van der Waals surface area contributed by atoms with E-state index in [0.29, 0.717) is 21.8 Å². The highest BCUT2D eigenvalue weighted by Crippen LogP contribution is 2.74. The number of hydrogen-bond acceptors (Lipinski definition) is 1. The van der Waals surface area contributed by atoms with Gasteiger partial charge in [0.25, 0.3) is 0 Å². The Balaban J connectivity index is 1.55. The first-order chi connectivity index (χ1) is 9.90. The molecule has 6 atom stereocenters. The molecule has 1 saturated heterocycles. The first kappa shape index (κ1) is 13.4. The summed E-state index contributed by atoms with van der Waals surface area (Å²) in [5.41, 5.74) is 2.27. The van der Waals surface area contributed by atoms with E-state index < -0.39 is 0 Å². The highest BCUT2D eigenvalue weighted by Gasteiger charge is 2.70. The zero-order valence-corrected chi connectivity index (χ0v) is 14.2. The third kappa shape index (κ3) is 1.53. The van der Waals surface area contributed by atoms with Gasteiger partial charge in [0.2, 0.25) is 0 Å². The van der Waals surface area contributed by atoms with Gasteiger partial charge in [0.15, 0.2) is 0 Å². The van der Waals surface area contributed by atoms with Gasteiger partial charge in [-0.2, -0.15) is 0 Å². The molecule has 0 unspecified atom stereocenters. The molecule has 4 saturated carbocycles. The molecule has 1 heterocycles. The van der Waals surface area contributed by atoms with Gasteiger partial charge in [-0.3, -0.25) is 0 Å². The van der Waals surface area contributed by atoms with Crippen molar-refractivity contribution in [2.45, 2.75) is 84.2 Å². The summed E-state index contributed by atoms with van der Waals surface area (Å²) >= 11 is 0. The lowest BCUT2D eigenvalue weighted by atomic mass is 9.41. The average Bonchev–Trinajstić information content (AvgIpc) is 3.13. The Morgan fingerprint density at radius 1 is 0.905 bits per heavy atom. The lowest BCUT2D eigenvalue weighted by molar-refractivity contribution is -0.144. The van der Waals surface area contributed by atoms with Crippen LogP contribution in [0.3, 0.4) is 0 Å². The van der Waals surface area contributed by atoms with Crippen LogP contribution < -0.4 is 0 Å². The van der Waals surface area contributed by atoms with Crippen LogP contribution in [0.5, 0.6) is 0 Å². The van der Waals surface area contributed by atoms with Crippen LogP contribution in [0.25, 0.3) is 0 Å². The van der Waals surface area contributed by atoms with Crippen molar-refractivity contribution >= 4 is 0 Å². The van der Waals surface area contributed by atoms with Crippen LogP contribution in [-0.4, -0.2) is 12.2 Å². The van der Waals surface area contributed by atoms with Crippen molar-refractivity contribution < 1.29 is 4.74 Å². The topological polar surface area (TPSA) is 12.5 Å². The highest BCUT2D eigenvalue weighted by molar-refractivity contribution is 5.19. The molecule has 0 radical (unpaired) electrons. The minimum absolute atomic E-state index is 0.377. The average molecular weight is 288 g/mol. The minimum atomic E-state index is 0.377. The summed E-state index contributed by atoms with van der Waals surface area (Å²) in [6, 6.07) is 0. The van der Waals surface area contributed by atoms with Crippen LogP contribution in [-0.2, 0) is 4.74 Å².